The van der Waals surface area contributed by atoms with Crippen LogP contribution in [0.5, 0.6) is 0 Å². The summed E-state index contributed by atoms with van der Waals surface area (Å²) in [6, 6.07) is 7.49. The lowest BCUT2D eigenvalue weighted by Crippen LogP contribution is -2.52. The number of pyridine rings is 1. The molecule has 0 aliphatic carbocycles. The molecule has 0 bridgehead atoms. The summed E-state index contributed by atoms with van der Waals surface area (Å²) >= 11 is 0. The Bertz CT molecular complexity index is 535. The highest BCUT2D eigenvalue weighted by atomic mass is 16.2. The van der Waals surface area contributed by atoms with E-state index in [0.717, 1.165) is 25.2 Å². The van der Waals surface area contributed by atoms with E-state index >= 15 is 0 Å². The first-order valence-electron chi connectivity index (χ1n) is 8.56. The molecule has 4 heteroatoms. The van der Waals surface area contributed by atoms with Crippen molar-refractivity contribution in [3.05, 3.63) is 29.6 Å². The normalized spacial score (nSPS) is 29.8. The highest BCUT2D eigenvalue weighted by Crippen LogP contribution is 2.30. The van der Waals surface area contributed by atoms with Crippen molar-refractivity contribution in [2.45, 2.75) is 64.6 Å². The number of hydrogen-bond donors (Lipinski definition) is 0. The highest BCUT2D eigenvalue weighted by Gasteiger charge is 2.36. The molecule has 3 rings (SSSR count). The minimum atomic E-state index is 0.0907. The molecule has 3 heterocycles. The third-order valence-electron chi connectivity index (χ3n) is 5.23. The average molecular weight is 301 g/mol. The van der Waals surface area contributed by atoms with Crippen LogP contribution in [0.2, 0.25) is 0 Å². The number of nitrogens with zero attached hydrogens (tertiary/aromatic N) is 3. The molecule has 0 radical (unpaired) electrons. The second kappa shape index (κ2) is 6.37. The molecule has 120 valence electrons. The van der Waals surface area contributed by atoms with E-state index in [1.807, 2.05) is 30.0 Å². The molecule has 22 heavy (non-hydrogen) atoms. The minimum absolute atomic E-state index is 0.0907. The van der Waals surface area contributed by atoms with E-state index in [4.69, 9.17) is 0 Å². The van der Waals surface area contributed by atoms with E-state index < -0.39 is 0 Å². The number of hydrogen-bond acceptors (Lipinski definition) is 3. The van der Waals surface area contributed by atoms with Crippen LogP contribution in [-0.4, -0.2) is 51.9 Å². The fourth-order valence-electron chi connectivity index (χ4n) is 4.14. The van der Waals surface area contributed by atoms with Crippen LogP contribution in [-0.2, 0) is 0 Å². The maximum absolute atomic E-state index is 12.7. The van der Waals surface area contributed by atoms with Gasteiger partial charge in [-0.1, -0.05) is 6.07 Å². The Labute approximate surface area is 133 Å². The number of likely N-dealkylation sites (tertiary alicyclic amines) is 2. The molecule has 3 atom stereocenters. The molecule has 0 saturated carbocycles. The summed E-state index contributed by atoms with van der Waals surface area (Å²) in [4.78, 5) is 21.8. The summed E-state index contributed by atoms with van der Waals surface area (Å²) in [6.07, 6.45) is 4.87. The Hall–Kier alpha value is -1.42. The number of aromatic nitrogens is 1. The van der Waals surface area contributed by atoms with Gasteiger partial charge in [-0.25, -0.2) is 4.98 Å². The summed E-state index contributed by atoms with van der Waals surface area (Å²) in [5, 5.41) is 0. The van der Waals surface area contributed by atoms with Gasteiger partial charge in [0.15, 0.2) is 0 Å². The van der Waals surface area contributed by atoms with E-state index in [-0.39, 0.29) is 5.91 Å². The van der Waals surface area contributed by atoms with Gasteiger partial charge in [-0.3, -0.25) is 9.69 Å². The molecule has 0 unspecified atom stereocenters. The van der Waals surface area contributed by atoms with Crippen molar-refractivity contribution < 1.29 is 4.79 Å². The number of rotatable bonds is 2. The van der Waals surface area contributed by atoms with Gasteiger partial charge in [-0.05, 0) is 58.6 Å². The third kappa shape index (κ3) is 3.02. The summed E-state index contributed by atoms with van der Waals surface area (Å²) in [5.74, 6) is 0.0907. The fraction of sp³-hybridized carbons (Fsp3) is 0.667. The van der Waals surface area contributed by atoms with Crippen molar-refractivity contribution in [3.63, 3.8) is 0 Å². The molecule has 2 aliphatic rings. The zero-order valence-electron chi connectivity index (χ0n) is 14.0. The van der Waals surface area contributed by atoms with Gasteiger partial charge in [0.05, 0.1) is 0 Å². The van der Waals surface area contributed by atoms with Gasteiger partial charge in [0.25, 0.3) is 5.91 Å². The number of aryl methyl sites for hydroxylation is 1. The summed E-state index contributed by atoms with van der Waals surface area (Å²) in [5.41, 5.74) is 1.49. The first kappa shape index (κ1) is 15.5. The van der Waals surface area contributed by atoms with Crippen LogP contribution < -0.4 is 0 Å². The van der Waals surface area contributed by atoms with Crippen molar-refractivity contribution >= 4 is 5.91 Å². The lowest BCUT2D eigenvalue weighted by atomic mass is 10.0. The number of carbonyl (C=O) groups is 1. The van der Waals surface area contributed by atoms with Gasteiger partial charge in [0, 0.05) is 36.9 Å². The molecule has 1 aromatic rings. The quantitative estimate of drug-likeness (QED) is 0.843. The predicted molar refractivity (Wildman–Crippen MR) is 87.9 cm³/mol. The Morgan fingerprint density at radius 1 is 1.18 bits per heavy atom. The second-order valence-electron chi connectivity index (χ2n) is 6.93. The van der Waals surface area contributed by atoms with Gasteiger partial charge in [-0.15, -0.1) is 0 Å². The molecular weight excluding hydrogens is 274 g/mol. The maximum atomic E-state index is 12.7. The molecule has 0 spiro atoms. The molecule has 2 saturated heterocycles. The average Bonchev–Trinajstić information content (AvgIpc) is 2.85. The van der Waals surface area contributed by atoms with E-state index in [1.165, 1.54) is 19.3 Å². The van der Waals surface area contributed by atoms with Crippen molar-refractivity contribution in [3.8, 4) is 0 Å². The predicted octanol–water partition coefficient (Wildman–Crippen LogP) is 2.87. The zero-order chi connectivity index (χ0) is 15.7. The van der Waals surface area contributed by atoms with Crippen molar-refractivity contribution in [2.75, 3.05) is 13.1 Å². The zero-order valence-corrected chi connectivity index (χ0v) is 14.0. The number of piperidine rings is 1. The number of amides is 1. The van der Waals surface area contributed by atoms with Crippen LogP contribution in [0.1, 0.15) is 55.7 Å². The minimum Gasteiger partial charge on any atom is -0.336 e. The van der Waals surface area contributed by atoms with Gasteiger partial charge < -0.3 is 4.90 Å². The van der Waals surface area contributed by atoms with E-state index in [2.05, 4.69) is 23.7 Å². The van der Waals surface area contributed by atoms with Crippen LogP contribution in [0, 0.1) is 6.92 Å². The largest absolute Gasteiger partial charge is 0.336 e. The third-order valence-corrected chi connectivity index (χ3v) is 5.23. The SMILES string of the molecule is Cc1cccc(C(=O)N2CCC[C@@H](N3[C@H](C)CC[C@@H]3C)C2)n1. The van der Waals surface area contributed by atoms with Gasteiger partial charge in [0.2, 0.25) is 0 Å². The van der Waals surface area contributed by atoms with E-state index in [9.17, 15) is 4.79 Å². The highest BCUT2D eigenvalue weighted by molar-refractivity contribution is 5.92. The number of carbonyl (C=O) groups excluding carboxylic acids is 1. The maximum Gasteiger partial charge on any atom is 0.272 e. The lowest BCUT2D eigenvalue weighted by Gasteiger charge is -2.41. The standard InChI is InChI=1S/C18H27N3O/c1-13-6-4-8-17(19-13)18(22)20-11-5-7-16(12-20)21-14(2)9-10-15(21)3/h4,6,8,14-16H,5,7,9-12H2,1-3H3/t14-,15+,16-/m1/s1. The van der Waals surface area contributed by atoms with Gasteiger partial charge >= 0.3 is 0 Å². The molecule has 1 aromatic heterocycles. The molecular formula is C18H27N3O. The topological polar surface area (TPSA) is 36.4 Å². The fourth-order valence-corrected chi connectivity index (χ4v) is 4.14. The van der Waals surface area contributed by atoms with Crippen LogP contribution in [0.3, 0.4) is 0 Å². The van der Waals surface area contributed by atoms with Gasteiger partial charge in [0.1, 0.15) is 5.69 Å². The van der Waals surface area contributed by atoms with E-state index in [0.29, 0.717) is 23.8 Å². The first-order valence-corrected chi connectivity index (χ1v) is 8.56. The molecule has 1 amide bonds. The Morgan fingerprint density at radius 3 is 2.59 bits per heavy atom. The van der Waals surface area contributed by atoms with Crippen LogP contribution in [0.25, 0.3) is 0 Å². The first-order chi connectivity index (χ1) is 10.6. The summed E-state index contributed by atoms with van der Waals surface area (Å²) in [6.45, 7) is 8.30. The van der Waals surface area contributed by atoms with Crippen LogP contribution in [0.15, 0.2) is 18.2 Å². The van der Waals surface area contributed by atoms with Gasteiger partial charge in [-0.2, -0.15) is 0 Å². The Morgan fingerprint density at radius 2 is 1.91 bits per heavy atom. The van der Waals surface area contributed by atoms with Crippen molar-refractivity contribution in [1.82, 2.24) is 14.8 Å². The molecule has 2 fully saturated rings. The molecule has 0 aromatic carbocycles. The van der Waals surface area contributed by atoms with Crippen molar-refractivity contribution in [1.29, 1.82) is 0 Å². The smallest absolute Gasteiger partial charge is 0.272 e. The van der Waals surface area contributed by atoms with E-state index in [1.54, 1.807) is 0 Å². The second-order valence-corrected chi connectivity index (χ2v) is 6.93. The molecule has 2 aliphatic heterocycles. The summed E-state index contributed by atoms with van der Waals surface area (Å²) in [7, 11) is 0. The Kier molecular flexibility index (Phi) is 4.48. The van der Waals surface area contributed by atoms with Crippen molar-refractivity contribution in [2.24, 2.45) is 0 Å². The Balaban J connectivity index is 1.71. The van der Waals surface area contributed by atoms with Crippen LogP contribution in [0.4, 0.5) is 0 Å². The molecule has 4 nitrogen and oxygen atoms in total. The monoisotopic (exact) mass is 301 g/mol. The molecule has 0 N–H and O–H groups in total. The van der Waals surface area contributed by atoms with Crippen LogP contribution >= 0.6 is 0 Å². The summed E-state index contributed by atoms with van der Waals surface area (Å²) < 4.78 is 0. The lowest BCUT2D eigenvalue weighted by molar-refractivity contribution is 0.0482.